The highest BCUT2D eigenvalue weighted by Crippen LogP contribution is 2.34. The predicted octanol–water partition coefficient (Wildman–Crippen LogP) is 1.99. The molecule has 0 saturated heterocycles. The van der Waals surface area contributed by atoms with Crippen molar-refractivity contribution in [1.82, 2.24) is 9.78 Å². The molecule has 1 aromatic heterocycles. The first kappa shape index (κ1) is 13.4. The number of rotatable bonds is 3. The lowest BCUT2D eigenvalue weighted by Gasteiger charge is -2.07. The summed E-state index contributed by atoms with van der Waals surface area (Å²) in [5, 5.41) is 7.99. The number of nitrogen functional groups attached to an aromatic ring is 1. The van der Waals surface area contributed by atoms with Gasteiger partial charge in [-0.2, -0.15) is 5.10 Å². The zero-order valence-corrected chi connectivity index (χ0v) is 12.2. The number of carbonyl (C=O) groups excluding carboxylic acids is 1. The first-order valence-electron chi connectivity index (χ1n) is 7.09. The maximum Gasteiger partial charge on any atom is 0.246 e. The first-order valence-corrected chi connectivity index (χ1v) is 7.09. The summed E-state index contributed by atoms with van der Waals surface area (Å²) in [7, 11) is 0. The van der Waals surface area contributed by atoms with Crippen molar-refractivity contribution >= 4 is 28.2 Å². The van der Waals surface area contributed by atoms with Crippen LogP contribution in [-0.2, 0) is 11.3 Å². The van der Waals surface area contributed by atoms with Gasteiger partial charge in [-0.1, -0.05) is 0 Å². The van der Waals surface area contributed by atoms with Crippen molar-refractivity contribution in [3.05, 3.63) is 42.6 Å². The molecule has 0 unspecified atom stereocenters. The third-order valence-electron chi connectivity index (χ3n) is 3.62. The zero-order valence-electron chi connectivity index (χ0n) is 12.2. The Kier molecular flexibility index (Phi) is 3.04. The third-order valence-corrected chi connectivity index (χ3v) is 3.62. The number of anilines is 2. The molecular weight excluding hydrogens is 296 g/mol. The van der Waals surface area contributed by atoms with Gasteiger partial charge >= 0.3 is 0 Å². The van der Waals surface area contributed by atoms with Gasteiger partial charge in [-0.05, 0) is 30.3 Å². The minimum absolute atomic E-state index is 0.0986. The van der Waals surface area contributed by atoms with Crippen LogP contribution in [0.5, 0.6) is 11.5 Å². The number of fused-ring (bicyclic) bond motifs is 2. The number of hydrogen-bond acceptors (Lipinski definition) is 5. The quantitative estimate of drug-likeness (QED) is 0.722. The molecule has 0 atom stereocenters. The molecule has 2 aromatic carbocycles. The summed E-state index contributed by atoms with van der Waals surface area (Å²) in [5.41, 5.74) is 7.90. The van der Waals surface area contributed by atoms with Crippen molar-refractivity contribution < 1.29 is 14.3 Å². The standard InChI is InChI=1S/C16H14N4O3/c17-11-2-1-10-7-18-20(13(10)5-11)8-16(21)19-12-3-4-14-15(6-12)23-9-22-14/h1-7H,8-9,17H2,(H,19,21). The summed E-state index contributed by atoms with van der Waals surface area (Å²) in [6.45, 7) is 0.300. The third kappa shape index (κ3) is 2.52. The summed E-state index contributed by atoms with van der Waals surface area (Å²) in [5.74, 6) is 1.12. The Morgan fingerprint density at radius 2 is 2.09 bits per heavy atom. The minimum atomic E-state index is -0.184. The predicted molar refractivity (Wildman–Crippen MR) is 85.3 cm³/mol. The zero-order chi connectivity index (χ0) is 15.8. The van der Waals surface area contributed by atoms with Crippen LogP contribution in [0.1, 0.15) is 0 Å². The van der Waals surface area contributed by atoms with Gasteiger partial charge in [0, 0.05) is 22.8 Å². The first-order chi connectivity index (χ1) is 11.2. The van der Waals surface area contributed by atoms with Crippen LogP contribution >= 0.6 is 0 Å². The van der Waals surface area contributed by atoms with Crippen molar-refractivity contribution in [2.45, 2.75) is 6.54 Å². The number of nitrogens with two attached hydrogens (primary N) is 1. The number of carbonyl (C=O) groups is 1. The van der Waals surface area contributed by atoms with Gasteiger partial charge in [-0.15, -0.1) is 0 Å². The summed E-state index contributed by atoms with van der Waals surface area (Å²) in [4.78, 5) is 12.2. The van der Waals surface area contributed by atoms with E-state index in [2.05, 4.69) is 10.4 Å². The molecule has 7 nitrogen and oxygen atoms in total. The van der Waals surface area contributed by atoms with Gasteiger partial charge in [0.2, 0.25) is 12.7 Å². The van der Waals surface area contributed by atoms with E-state index < -0.39 is 0 Å². The van der Waals surface area contributed by atoms with Gasteiger partial charge in [0.1, 0.15) is 6.54 Å². The van der Waals surface area contributed by atoms with E-state index in [1.807, 2.05) is 6.07 Å². The molecule has 3 aromatic rings. The maximum atomic E-state index is 12.2. The second-order valence-corrected chi connectivity index (χ2v) is 5.24. The van der Waals surface area contributed by atoms with Gasteiger partial charge in [-0.25, -0.2) is 0 Å². The highest BCUT2D eigenvalue weighted by atomic mass is 16.7. The van der Waals surface area contributed by atoms with Crippen molar-refractivity contribution in [2.75, 3.05) is 17.8 Å². The Hall–Kier alpha value is -3.22. The van der Waals surface area contributed by atoms with Crippen LogP contribution in [0.2, 0.25) is 0 Å². The molecular formula is C16H14N4O3. The van der Waals surface area contributed by atoms with Gasteiger partial charge in [0.15, 0.2) is 11.5 Å². The highest BCUT2D eigenvalue weighted by molar-refractivity contribution is 5.92. The summed E-state index contributed by atoms with van der Waals surface area (Å²) < 4.78 is 12.2. The molecule has 1 aliphatic heterocycles. The van der Waals surface area contributed by atoms with E-state index in [0.717, 1.165) is 10.9 Å². The molecule has 0 aliphatic carbocycles. The van der Waals surface area contributed by atoms with Crippen LogP contribution in [0.3, 0.4) is 0 Å². The van der Waals surface area contributed by atoms with Crippen molar-refractivity contribution in [3.63, 3.8) is 0 Å². The number of aromatic nitrogens is 2. The molecule has 0 fully saturated rings. The molecule has 116 valence electrons. The fourth-order valence-electron chi connectivity index (χ4n) is 2.52. The smallest absolute Gasteiger partial charge is 0.246 e. The van der Waals surface area contributed by atoms with Gasteiger partial charge in [0.05, 0.1) is 11.7 Å². The Labute approximate surface area is 131 Å². The molecule has 23 heavy (non-hydrogen) atoms. The average molecular weight is 310 g/mol. The van der Waals surface area contributed by atoms with Gasteiger partial charge in [-0.3, -0.25) is 9.48 Å². The SMILES string of the molecule is Nc1ccc2cnn(CC(=O)Nc3ccc4c(c3)OCO4)c2c1. The van der Waals surface area contributed by atoms with E-state index in [1.54, 1.807) is 41.2 Å². The lowest BCUT2D eigenvalue weighted by atomic mass is 10.2. The minimum Gasteiger partial charge on any atom is -0.454 e. The number of benzene rings is 2. The van der Waals surface area contributed by atoms with E-state index in [0.29, 0.717) is 22.9 Å². The normalized spacial score (nSPS) is 12.5. The molecule has 3 N–H and O–H groups in total. The second kappa shape index (κ2) is 5.20. The van der Waals surface area contributed by atoms with Crippen LogP contribution in [0.15, 0.2) is 42.6 Å². The van der Waals surface area contributed by atoms with Crippen molar-refractivity contribution in [1.29, 1.82) is 0 Å². The van der Waals surface area contributed by atoms with Gasteiger partial charge < -0.3 is 20.5 Å². The van der Waals surface area contributed by atoms with Crippen molar-refractivity contribution in [3.8, 4) is 11.5 Å². The van der Waals surface area contributed by atoms with Gasteiger partial charge in [0.25, 0.3) is 0 Å². The van der Waals surface area contributed by atoms with Crippen LogP contribution in [0, 0.1) is 0 Å². The van der Waals surface area contributed by atoms with E-state index in [4.69, 9.17) is 15.2 Å². The van der Waals surface area contributed by atoms with E-state index in [9.17, 15) is 4.79 Å². The molecule has 1 amide bonds. The largest absolute Gasteiger partial charge is 0.454 e. The summed E-state index contributed by atoms with van der Waals surface area (Å²) in [6, 6.07) is 10.8. The Morgan fingerprint density at radius 1 is 1.22 bits per heavy atom. The molecule has 0 saturated carbocycles. The molecule has 7 heteroatoms. The topological polar surface area (TPSA) is 91.4 Å². The lowest BCUT2D eigenvalue weighted by molar-refractivity contribution is -0.116. The van der Waals surface area contributed by atoms with Crippen LogP contribution < -0.4 is 20.5 Å². The van der Waals surface area contributed by atoms with E-state index >= 15 is 0 Å². The molecule has 0 bridgehead atoms. The fraction of sp³-hybridized carbons (Fsp3) is 0.125. The monoisotopic (exact) mass is 310 g/mol. The Balaban J connectivity index is 1.52. The highest BCUT2D eigenvalue weighted by Gasteiger charge is 2.14. The van der Waals surface area contributed by atoms with Crippen LogP contribution in [0.4, 0.5) is 11.4 Å². The molecule has 1 aliphatic rings. The number of nitrogens with one attached hydrogen (secondary N) is 1. The van der Waals surface area contributed by atoms with Crippen LogP contribution in [0.25, 0.3) is 10.9 Å². The van der Waals surface area contributed by atoms with E-state index in [-0.39, 0.29) is 19.2 Å². The summed E-state index contributed by atoms with van der Waals surface area (Å²) >= 11 is 0. The number of nitrogens with zero attached hydrogens (tertiary/aromatic N) is 2. The molecule has 2 heterocycles. The average Bonchev–Trinajstić information content (AvgIpc) is 3.14. The number of amides is 1. The van der Waals surface area contributed by atoms with E-state index in [1.165, 1.54) is 0 Å². The maximum absolute atomic E-state index is 12.2. The Bertz CT molecular complexity index is 903. The lowest BCUT2D eigenvalue weighted by Crippen LogP contribution is -2.19. The number of ether oxygens (including phenoxy) is 2. The molecule has 0 spiro atoms. The fourth-order valence-corrected chi connectivity index (χ4v) is 2.52. The summed E-state index contributed by atoms with van der Waals surface area (Å²) in [6.07, 6.45) is 1.71. The Morgan fingerprint density at radius 3 is 3.00 bits per heavy atom. The van der Waals surface area contributed by atoms with Crippen LogP contribution in [-0.4, -0.2) is 22.5 Å². The molecule has 4 rings (SSSR count). The second-order valence-electron chi connectivity index (χ2n) is 5.24. The molecule has 0 radical (unpaired) electrons. The van der Waals surface area contributed by atoms with Crippen molar-refractivity contribution in [2.24, 2.45) is 0 Å². The number of hydrogen-bond donors (Lipinski definition) is 2.